The summed E-state index contributed by atoms with van der Waals surface area (Å²) in [5.74, 6) is 0. The summed E-state index contributed by atoms with van der Waals surface area (Å²) in [5.41, 5.74) is 15.5. The molecule has 3 heteroatoms. The fraction of sp³-hybridized carbons (Fsp3) is 0. The van der Waals surface area contributed by atoms with E-state index >= 15 is 0 Å². The number of nitrogens with zero attached hydrogens (tertiary/aromatic N) is 2. The maximum absolute atomic E-state index is 6.22. The highest BCUT2D eigenvalue weighted by molar-refractivity contribution is 6.11. The van der Waals surface area contributed by atoms with Crippen LogP contribution in [0.5, 0.6) is 0 Å². The third kappa shape index (κ3) is 5.60. The summed E-state index contributed by atoms with van der Waals surface area (Å²) in [4.78, 5) is 2.39. The van der Waals surface area contributed by atoms with Crippen molar-refractivity contribution in [2.75, 3.05) is 4.90 Å². The van der Waals surface area contributed by atoms with Crippen molar-refractivity contribution in [2.45, 2.75) is 0 Å². The van der Waals surface area contributed by atoms with E-state index < -0.39 is 0 Å². The fourth-order valence-corrected chi connectivity index (χ4v) is 8.58. The highest BCUT2D eigenvalue weighted by Gasteiger charge is 2.21. The standard InChI is InChI=1S/C54H36N2O/c1-3-16-37(17-4-1)38-18-15-19-39(34-38)43-22-8-12-27-50(43)56-51-28-13-9-24-45(51)46-32-31-42(36-52(46)56)55(41-20-5-2-6-21-41)49-26-11-7-23-44(49)40-30-33-54-48(35-40)47-25-10-14-29-53(47)57-54/h1-36H. The van der Waals surface area contributed by atoms with Gasteiger partial charge < -0.3 is 13.9 Å². The number of rotatable bonds is 7. The first-order valence-corrected chi connectivity index (χ1v) is 19.4. The number of fused-ring (bicyclic) bond motifs is 6. The van der Waals surface area contributed by atoms with Gasteiger partial charge in [0.05, 0.1) is 22.4 Å². The second-order valence-corrected chi connectivity index (χ2v) is 14.5. The minimum Gasteiger partial charge on any atom is -0.456 e. The minimum absolute atomic E-state index is 0.891. The summed E-state index contributed by atoms with van der Waals surface area (Å²) in [5, 5.41) is 4.67. The first kappa shape index (κ1) is 32.8. The Morgan fingerprint density at radius 2 is 0.965 bits per heavy atom. The molecule has 0 unspecified atom stereocenters. The molecule has 0 atom stereocenters. The van der Waals surface area contributed by atoms with E-state index in [2.05, 4.69) is 216 Å². The van der Waals surface area contributed by atoms with Crippen molar-refractivity contribution in [3.63, 3.8) is 0 Å². The zero-order chi connectivity index (χ0) is 37.7. The van der Waals surface area contributed by atoms with E-state index in [1.54, 1.807) is 0 Å². The van der Waals surface area contributed by atoms with Gasteiger partial charge in [-0.3, -0.25) is 0 Å². The maximum Gasteiger partial charge on any atom is 0.135 e. The molecule has 9 aromatic carbocycles. The number of anilines is 3. The van der Waals surface area contributed by atoms with Crippen LogP contribution in [0.1, 0.15) is 0 Å². The highest BCUT2D eigenvalue weighted by Crippen LogP contribution is 2.45. The van der Waals surface area contributed by atoms with Gasteiger partial charge in [-0.1, -0.05) is 152 Å². The monoisotopic (exact) mass is 728 g/mol. The van der Waals surface area contributed by atoms with Gasteiger partial charge in [0.25, 0.3) is 0 Å². The molecule has 0 N–H and O–H groups in total. The Hall–Kier alpha value is -7.62. The van der Waals surface area contributed by atoms with Gasteiger partial charge in [-0.2, -0.15) is 0 Å². The molecule has 0 amide bonds. The van der Waals surface area contributed by atoms with Crippen LogP contribution in [0.3, 0.4) is 0 Å². The second kappa shape index (κ2) is 13.6. The summed E-state index contributed by atoms with van der Waals surface area (Å²) in [7, 11) is 0. The quantitative estimate of drug-likeness (QED) is 0.163. The SMILES string of the molecule is c1ccc(-c2cccc(-c3ccccc3-n3c4ccccc4c4ccc(N(c5ccccc5)c5ccccc5-c5ccc6oc7ccccc7c6c5)cc43)c2)cc1. The Kier molecular flexibility index (Phi) is 7.82. The highest BCUT2D eigenvalue weighted by atomic mass is 16.3. The van der Waals surface area contributed by atoms with Gasteiger partial charge in [-0.15, -0.1) is 0 Å². The van der Waals surface area contributed by atoms with E-state index in [9.17, 15) is 0 Å². The van der Waals surface area contributed by atoms with Gasteiger partial charge in [0.15, 0.2) is 0 Å². The van der Waals surface area contributed by atoms with Gasteiger partial charge in [0.2, 0.25) is 0 Å². The van der Waals surface area contributed by atoms with Crippen molar-refractivity contribution in [2.24, 2.45) is 0 Å². The normalized spacial score (nSPS) is 11.5. The van der Waals surface area contributed by atoms with Crippen LogP contribution >= 0.6 is 0 Å². The van der Waals surface area contributed by atoms with E-state index in [0.717, 1.165) is 61.3 Å². The summed E-state index contributed by atoms with van der Waals surface area (Å²) in [6, 6.07) is 78.2. The number of furan rings is 1. The lowest BCUT2D eigenvalue weighted by Gasteiger charge is -2.28. The van der Waals surface area contributed by atoms with Gasteiger partial charge in [0.1, 0.15) is 11.2 Å². The predicted octanol–water partition coefficient (Wildman–Crippen LogP) is 15.2. The second-order valence-electron chi connectivity index (χ2n) is 14.5. The largest absolute Gasteiger partial charge is 0.456 e. The molecule has 0 spiro atoms. The van der Waals surface area contributed by atoms with Gasteiger partial charge >= 0.3 is 0 Å². The molecule has 0 aliphatic carbocycles. The summed E-state index contributed by atoms with van der Waals surface area (Å²) in [6.45, 7) is 0. The predicted molar refractivity (Wildman–Crippen MR) is 239 cm³/mol. The average Bonchev–Trinajstić information content (AvgIpc) is 3.82. The minimum atomic E-state index is 0.891. The number of aromatic nitrogens is 1. The molecule has 0 aliphatic rings. The fourth-order valence-electron chi connectivity index (χ4n) is 8.58. The van der Waals surface area contributed by atoms with E-state index in [1.807, 2.05) is 12.1 Å². The Balaban J connectivity index is 1.12. The average molecular weight is 729 g/mol. The Labute approximate surface area is 330 Å². The lowest BCUT2D eigenvalue weighted by molar-refractivity contribution is 0.669. The summed E-state index contributed by atoms with van der Waals surface area (Å²) < 4.78 is 8.67. The molecular formula is C54H36N2O. The Morgan fingerprint density at radius 3 is 1.84 bits per heavy atom. The molecular weight excluding hydrogens is 693 g/mol. The van der Waals surface area contributed by atoms with Crippen LogP contribution in [0, 0.1) is 0 Å². The van der Waals surface area contributed by atoms with Crippen LogP contribution in [-0.2, 0) is 0 Å². The maximum atomic E-state index is 6.22. The number of para-hydroxylation sites is 5. The van der Waals surface area contributed by atoms with Crippen LogP contribution in [0.15, 0.2) is 223 Å². The van der Waals surface area contributed by atoms with Gasteiger partial charge in [-0.05, 0) is 89.0 Å². The smallest absolute Gasteiger partial charge is 0.135 e. The Morgan fingerprint density at radius 1 is 0.333 bits per heavy atom. The molecule has 2 aromatic heterocycles. The Bertz CT molecular complexity index is 3250. The summed E-state index contributed by atoms with van der Waals surface area (Å²) in [6.07, 6.45) is 0. The zero-order valence-corrected chi connectivity index (χ0v) is 31.1. The zero-order valence-electron chi connectivity index (χ0n) is 31.1. The molecule has 11 aromatic rings. The molecule has 0 saturated carbocycles. The molecule has 2 heterocycles. The van der Waals surface area contributed by atoms with E-state index in [1.165, 1.54) is 38.5 Å². The number of hydrogen-bond acceptors (Lipinski definition) is 2. The van der Waals surface area contributed by atoms with Crippen molar-refractivity contribution in [3.8, 4) is 39.1 Å². The van der Waals surface area contributed by atoms with Crippen molar-refractivity contribution in [3.05, 3.63) is 218 Å². The molecule has 0 aliphatic heterocycles. The molecule has 57 heavy (non-hydrogen) atoms. The van der Waals surface area contributed by atoms with Crippen molar-refractivity contribution < 1.29 is 4.42 Å². The molecule has 0 radical (unpaired) electrons. The molecule has 0 fully saturated rings. The topological polar surface area (TPSA) is 21.3 Å². The van der Waals surface area contributed by atoms with Gasteiger partial charge in [0, 0.05) is 44.0 Å². The number of benzene rings is 9. The van der Waals surface area contributed by atoms with Crippen LogP contribution in [0.4, 0.5) is 17.1 Å². The van der Waals surface area contributed by atoms with Crippen LogP contribution in [-0.4, -0.2) is 4.57 Å². The molecule has 268 valence electrons. The molecule has 0 saturated heterocycles. The van der Waals surface area contributed by atoms with Crippen LogP contribution in [0.25, 0.3) is 82.8 Å². The third-order valence-corrected chi connectivity index (χ3v) is 11.2. The first-order chi connectivity index (χ1) is 28.3. The lowest BCUT2D eigenvalue weighted by atomic mass is 9.98. The summed E-state index contributed by atoms with van der Waals surface area (Å²) >= 11 is 0. The number of hydrogen-bond donors (Lipinski definition) is 0. The van der Waals surface area contributed by atoms with E-state index in [-0.39, 0.29) is 0 Å². The van der Waals surface area contributed by atoms with Crippen molar-refractivity contribution >= 4 is 60.8 Å². The third-order valence-electron chi connectivity index (χ3n) is 11.2. The van der Waals surface area contributed by atoms with Crippen LogP contribution in [0.2, 0.25) is 0 Å². The van der Waals surface area contributed by atoms with Crippen LogP contribution < -0.4 is 4.90 Å². The molecule has 3 nitrogen and oxygen atoms in total. The molecule has 11 rings (SSSR count). The van der Waals surface area contributed by atoms with Crippen molar-refractivity contribution in [1.82, 2.24) is 4.57 Å². The van der Waals surface area contributed by atoms with Gasteiger partial charge in [-0.25, -0.2) is 0 Å². The lowest BCUT2D eigenvalue weighted by Crippen LogP contribution is -2.11. The van der Waals surface area contributed by atoms with E-state index in [4.69, 9.17) is 4.42 Å². The van der Waals surface area contributed by atoms with E-state index in [0.29, 0.717) is 0 Å². The molecule has 0 bridgehead atoms. The first-order valence-electron chi connectivity index (χ1n) is 19.4. The van der Waals surface area contributed by atoms with Crippen molar-refractivity contribution in [1.29, 1.82) is 0 Å².